The summed E-state index contributed by atoms with van der Waals surface area (Å²) < 4.78 is 36.3. The van der Waals surface area contributed by atoms with Gasteiger partial charge in [-0.05, 0) is 43.7 Å². The van der Waals surface area contributed by atoms with E-state index in [1.54, 1.807) is 18.2 Å². The van der Waals surface area contributed by atoms with Gasteiger partial charge in [-0.15, -0.1) is 0 Å². The third kappa shape index (κ3) is 6.61. The van der Waals surface area contributed by atoms with Crippen LogP contribution < -0.4 is 10.6 Å². The summed E-state index contributed by atoms with van der Waals surface area (Å²) in [6.07, 6.45) is 0.932. The average molecular weight is 427 g/mol. The van der Waals surface area contributed by atoms with Crippen molar-refractivity contribution in [2.45, 2.75) is 19.4 Å². The van der Waals surface area contributed by atoms with Crippen LogP contribution in [0.5, 0.6) is 0 Å². The van der Waals surface area contributed by atoms with E-state index < -0.39 is 33.5 Å². The second kappa shape index (κ2) is 9.16. The van der Waals surface area contributed by atoms with E-state index >= 15 is 0 Å². The zero-order valence-electron chi connectivity index (χ0n) is 15.3. The van der Waals surface area contributed by atoms with Crippen LogP contribution in [0.4, 0.5) is 10.1 Å². The molecule has 0 aliphatic heterocycles. The second-order valence-electron chi connectivity index (χ2n) is 6.43. The van der Waals surface area contributed by atoms with Crippen LogP contribution in [0.25, 0.3) is 0 Å². The molecule has 6 nitrogen and oxygen atoms in total. The Morgan fingerprint density at radius 3 is 2.50 bits per heavy atom. The molecule has 2 rings (SSSR count). The normalized spacial score (nSPS) is 12.3. The predicted octanol–water partition coefficient (Wildman–Crippen LogP) is 2.96. The van der Waals surface area contributed by atoms with Crippen LogP contribution in [0.3, 0.4) is 0 Å². The van der Waals surface area contributed by atoms with Gasteiger partial charge >= 0.3 is 0 Å². The van der Waals surface area contributed by atoms with Gasteiger partial charge in [0.05, 0.1) is 10.8 Å². The maximum atomic E-state index is 13.3. The number of anilines is 1. The number of sulfone groups is 1. The summed E-state index contributed by atoms with van der Waals surface area (Å²) in [6.45, 7) is 1.82. The van der Waals surface area contributed by atoms with Crippen LogP contribution in [-0.2, 0) is 14.6 Å². The molecule has 28 heavy (non-hydrogen) atoms. The first kappa shape index (κ1) is 21.8. The molecule has 0 heterocycles. The minimum atomic E-state index is -3.35. The van der Waals surface area contributed by atoms with Crippen molar-refractivity contribution in [3.8, 4) is 0 Å². The summed E-state index contributed by atoms with van der Waals surface area (Å²) in [4.78, 5) is 25.1. The van der Waals surface area contributed by atoms with Crippen molar-refractivity contribution in [3.63, 3.8) is 0 Å². The molecule has 0 saturated carbocycles. The molecule has 0 radical (unpaired) electrons. The lowest BCUT2D eigenvalue weighted by molar-refractivity contribution is -0.118. The number of benzene rings is 2. The minimum absolute atomic E-state index is 0.114. The predicted molar refractivity (Wildman–Crippen MR) is 107 cm³/mol. The number of hydrogen-bond donors (Lipinski definition) is 2. The van der Waals surface area contributed by atoms with Crippen molar-refractivity contribution in [3.05, 3.63) is 64.4 Å². The van der Waals surface area contributed by atoms with Gasteiger partial charge in [-0.1, -0.05) is 29.3 Å². The lowest BCUT2D eigenvalue weighted by Gasteiger charge is -2.18. The number of carbonyl (C=O) groups is 2. The third-order valence-corrected chi connectivity index (χ3v) is 5.13. The average Bonchev–Trinajstić information content (AvgIpc) is 2.60. The van der Waals surface area contributed by atoms with Gasteiger partial charge in [0.25, 0.3) is 5.91 Å². The van der Waals surface area contributed by atoms with Gasteiger partial charge in [0.15, 0.2) is 0 Å². The van der Waals surface area contributed by atoms with Gasteiger partial charge in [-0.2, -0.15) is 0 Å². The van der Waals surface area contributed by atoms with Crippen LogP contribution in [0.15, 0.2) is 42.5 Å². The molecule has 0 saturated heterocycles. The van der Waals surface area contributed by atoms with Crippen molar-refractivity contribution in [1.29, 1.82) is 0 Å². The Labute approximate surface area is 168 Å². The van der Waals surface area contributed by atoms with Gasteiger partial charge < -0.3 is 10.6 Å². The van der Waals surface area contributed by atoms with Crippen molar-refractivity contribution < 1.29 is 22.4 Å². The molecule has 0 unspecified atom stereocenters. The number of aryl methyl sites for hydroxylation is 1. The molecular weight excluding hydrogens is 407 g/mol. The lowest BCUT2D eigenvalue weighted by Crippen LogP contribution is -2.44. The fraction of sp³-hybridized carbons (Fsp3) is 0.263. The molecule has 0 spiro atoms. The summed E-state index contributed by atoms with van der Waals surface area (Å²) >= 11 is 5.70. The summed E-state index contributed by atoms with van der Waals surface area (Å²) in [5, 5.41) is 4.90. The SMILES string of the molecule is Cc1cccc(C(=O)N[C@@H](CCS(C)(=O)=O)C(=O)Nc2ccc(F)c(Cl)c2)c1. The van der Waals surface area contributed by atoms with Crippen LogP contribution >= 0.6 is 11.6 Å². The van der Waals surface area contributed by atoms with Crippen LogP contribution in [0, 0.1) is 12.7 Å². The fourth-order valence-corrected chi connectivity index (χ4v) is 3.28. The summed E-state index contributed by atoms with van der Waals surface area (Å²) in [7, 11) is -3.35. The van der Waals surface area contributed by atoms with Crippen molar-refractivity contribution in [2.75, 3.05) is 17.3 Å². The van der Waals surface area contributed by atoms with E-state index in [0.29, 0.717) is 5.56 Å². The largest absolute Gasteiger partial charge is 0.340 e. The molecule has 2 aromatic rings. The Morgan fingerprint density at radius 2 is 1.89 bits per heavy atom. The van der Waals surface area contributed by atoms with Gasteiger partial charge in [-0.25, -0.2) is 12.8 Å². The highest BCUT2D eigenvalue weighted by Crippen LogP contribution is 2.19. The summed E-state index contributed by atoms with van der Waals surface area (Å²) in [5.41, 5.74) is 1.44. The fourth-order valence-electron chi connectivity index (χ4n) is 2.43. The maximum Gasteiger partial charge on any atom is 0.251 e. The van der Waals surface area contributed by atoms with Crippen LogP contribution in [-0.4, -0.2) is 38.3 Å². The molecule has 2 N–H and O–H groups in total. The molecule has 0 aliphatic carbocycles. The Morgan fingerprint density at radius 1 is 1.18 bits per heavy atom. The Hall–Kier alpha value is -2.45. The molecule has 0 fully saturated rings. The molecule has 2 amide bonds. The number of amides is 2. The topological polar surface area (TPSA) is 92.3 Å². The summed E-state index contributed by atoms with van der Waals surface area (Å²) in [6, 6.07) is 9.30. The van der Waals surface area contributed by atoms with E-state index in [4.69, 9.17) is 11.6 Å². The molecule has 0 aromatic heterocycles. The number of halogens is 2. The number of rotatable bonds is 7. The van der Waals surface area contributed by atoms with E-state index in [2.05, 4.69) is 10.6 Å². The van der Waals surface area contributed by atoms with Crippen molar-refractivity contribution >= 4 is 38.9 Å². The first-order chi connectivity index (χ1) is 13.0. The Kier molecular flexibility index (Phi) is 7.15. The molecule has 9 heteroatoms. The lowest BCUT2D eigenvalue weighted by atomic mass is 10.1. The van der Waals surface area contributed by atoms with Gasteiger partial charge in [0.1, 0.15) is 21.7 Å². The Balaban J connectivity index is 2.18. The number of nitrogens with one attached hydrogen (secondary N) is 2. The second-order valence-corrected chi connectivity index (χ2v) is 9.10. The summed E-state index contributed by atoms with van der Waals surface area (Å²) in [5.74, 6) is -2.06. The first-order valence-corrected chi connectivity index (χ1v) is 10.8. The smallest absolute Gasteiger partial charge is 0.251 e. The van der Waals surface area contributed by atoms with E-state index in [1.165, 1.54) is 12.1 Å². The van der Waals surface area contributed by atoms with Crippen LogP contribution in [0.2, 0.25) is 5.02 Å². The van der Waals surface area contributed by atoms with E-state index in [0.717, 1.165) is 17.9 Å². The number of carbonyl (C=O) groups excluding carboxylic acids is 2. The molecule has 0 bridgehead atoms. The minimum Gasteiger partial charge on any atom is -0.340 e. The van der Waals surface area contributed by atoms with Crippen molar-refractivity contribution in [1.82, 2.24) is 5.32 Å². The molecular formula is C19H20ClFN2O4S. The maximum absolute atomic E-state index is 13.3. The van der Waals surface area contributed by atoms with Gasteiger partial charge in [0, 0.05) is 17.5 Å². The third-order valence-electron chi connectivity index (χ3n) is 3.87. The monoisotopic (exact) mass is 426 g/mol. The van der Waals surface area contributed by atoms with Gasteiger partial charge in [-0.3, -0.25) is 9.59 Å². The van der Waals surface area contributed by atoms with Crippen LogP contribution in [0.1, 0.15) is 22.3 Å². The molecule has 2 aromatic carbocycles. The van der Waals surface area contributed by atoms with Crippen molar-refractivity contribution in [2.24, 2.45) is 0 Å². The highest BCUT2D eigenvalue weighted by atomic mass is 35.5. The standard InChI is InChI=1S/C19H20ClFN2O4S/c1-12-4-3-5-13(10-12)18(24)23-17(8-9-28(2,26)27)19(25)22-14-6-7-16(21)15(20)11-14/h3-7,10-11,17H,8-9H2,1-2H3,(H,22,25)(H,23,24)/t17-/m0/s1. The molecule has 1 atom stereocenters. The first-order valence-electron chi connectivity index (χ1n) is 8.36. The highest BCUT2D eigenvalue weighted by molar-refractivity contribution is 7.90. The number of hydrogen-bond acceptors (Lipinski definition) is 4. The zero-order valence-corrected chi connectivity index (χ0v) is 16.9. The molecule has 150 valence electrons. The van der Waals surface area contributed by atoms with E-state index in [-0.39, 0.29) is 22.9 Å². The molecule has 0 aliphatic rings. The van der Waals surface area contributed by atoms with Gasteiger partial charge in [0.2, 0.25) is 5.91 Å². The van der Waals surface area contributed by atoms with E-state index in [1.807, 2.05) is 13.0 Å². The Bertz CT molecular complexity index is 995. The zero-order chi connectivity index (χ0) is 20.9. The van der Waals surface area contributed by atoms with E-state index in [9.17, 15) is 22.4 Å². The quantitative estimate of drug-likeness (QED) is 0.711. The highest BCUT2D eigenvalue weighted by Gasteiger charge is 2.23.